The molecule has 1 heterocycles. The van der Waals surface area contributed by atoms with Crippen LogP contribution < -0.4 is 10.1 Å². The van der Waals surface area contributed by atoms with Gasteiger partial charge in [0.25, 0.3) is 0 Å². The van der Waals surface area contributed by atoms with Crippen molar-refractivity contribution in [3.05, 3.63) is 48.4 Å². The van der Waals surface area contributed by atoms with Gasteiger partial charge in [-0.25, -0.2) is 0 Å². The molecule has 0 atom stereocenters. The van der Waals surface area contributed by atoms with E-state index in [1.807, 2.05) is 18.2 Å². The fourth-order valence-corrected chi connectivity index (χ4v) is 2.45. The van der Waals surface area contributed by atoms with Gasteiger partial charge in [-0.2, -0.15) is 0 Å². The van der Waals surface area contributed by atoms with Gasteiger partial charge >= 0.3 is 0 Å². The Morgan fingerprint density at radius 2 is 1.89 bits per heavy atom. The Hall–Kier alpha value is -1.90. The fourth-order valence-electron chi connectivity index (χ4n) is 2.45. The van der Waals surface area contributed by atoms with Crippen molar-refractivity contribution < 1.29 is 9.15 Å². The first-order chi connectivity index (χ1) is 9.40. The molecule has 3 heteroatoms. The van der Waals surface area contributed by atoms with Crippen molar-refractivity contribution in [1.29, 1.82) is 0 Å². The number of rotatable bonds is 5. The molecule has 1 saturated carbocycles. The van der Waals surface area contributed by atoms with Crippen LogP contribution in [0.25, 0.3) is 0 Å². The molecule has 0 radical (unpaired) electrons. The lowest BCUT2D eigenvalue weighted by Crippen LogP contribution is -2.10. The Morgan fingerprint density at radius 3 is 2.58 bits per heavy atom. The summed E-state index contributed by atoms with van der Waals surface area (Å²) in [5, 5.41) is 3.35. The van der Waals surface area contributed by atoms with Crippen LogP contribution in [0.4, 0.5) is 5.69 Å². The van der Waals surface area contributed by atoms with Gasteiger partial charge in [-0.05, 0) is 56.0 Å². The molecule has 0 bridgehead atoms. The predicted molar refractivity (Wildman–Crippen MR) is 75.4 cm³/mol. The number of nitrogens with one attached hydrogen (secondary N) is 1. The first-order valence-corrected chi connectivity index (χ1v) is 6.92. The molecule has 0 unspecified atom stereocenters. The average Bonchev–Trinajstić information content (AvgIpc) is 3.11. The van der Waals surface area contributed by atoms with Gasteiger partial charge in [-0.3, -0.25) is 0 Å². The third kappa shape index (κ3) is 3.31. The Kier molecular flexibility index (Phi) is 3.73. The lowest BCUT2D eigenvalue weighted by Gasteiger charge is -2.13. The third-order valence-corrected chi connectivity index (χ3v) is 3.54. The van der Waals surface area contributed by atoms with Crippen molar-refractivity contribution in [1.82, 2.24) is 0 Å². The quantitative estimate of drug-likeness (QED) is 0.871. The molecule has 100 valence electrons. The van der Waals surface area contributed by atoms with Gasteiger partial charge < -0.3 is 14.5 Å². The van der Waals surface area contributed by atoms with E-state index in [4.69, 9.17) is 9.15 Å². The van der Waals surface area contributed by atoms with Gasteiger partial charge in [0.2, 0.25) is 0 Å². The third-order valence-electron chi connectivity index (χ3n) is 3.54. The van der Waals surface area contributed by atoms with Gasteiger partial charge in [0.05, 0.1) is 18.6 Å². The Balaban J connectivity index is 1.53. The summed E-state index contributed by atoms with van der Waals surface area (Å²) in [7, 11) is 0. The molecular weight excluding hydrogens is 238 g/mol. The summed E-state index contributed by atoms with van der Waals surface area (Å²) in [5.41, 5.74) is 2.24. The summed E-state index contributed by atoms with van der Waals surface area (Å²) in [6.07, 6.45) is 8.86. The minimum atomic E-state index is 0.421. The van der Waals surface area contributed by atoms with Crippen molar-refractivity contribution in [3.63, 3.8) is 0 Å². The van der Waals surface area contributed by atoms with Gasteiger partial charge in [-0.15, -0.1) is 0 Å². The number of anilines is 1. The van der Waals surface area contributed by atoms with Crippen LogP contribution in [-0.4, -0.2) is 6.10 Å². The summed E-state index contributed by atoms with van der Waals surface area (Å²) >= 11 is 0. The molecule has 0 amide bonds. The van der Waals surface area contributed by atoms with E-state index in [2.05, 4.69) is 17.4 Å². The van der Waals surface area contributed by atoms with Crippen molar-refractivity contribution >= 4 is 5.69 Å². The molecule has 1 aromatic heterocycles. The Labute approximate surface area is 113 Å². The Bertz CT molecular complexity index is 484. The van der Waals surface area contributed by atoms with Gasteiger partial charge in [0.1, 0.15) is 5.75 Å². The molecule has 0 spiro atoms. The van der Waals surface area contributed by atoms with E-state index in [9.17, 15) is 0 Å². The number of furan rings is 1. The van der Waals surface area contributed by atoms with Crippen LogP contribution in [-0.2, 0) is 6.54 Å². The normalized spacial score (nSPS) is 15.6. The van der Waals surface area contributed by atoms with Crippen molar-refractivity contribution in [2.45, 2.75) is 38.3 Å². The largest absolute Gasteiger partial charge is 0.490 e. The molecule has 1 fully saturated rings. The maximum atomic E-state index is 5.94. The maximum Gasteiger partial charge on any atom is 0.119 e. The molecule has 1 aliphatic rings. The fraction of sp³-hybridized carbons (Fsp3) is 0.375. The van der Waals surface area contributed by atoms with Gasteiger partial charge in [0.15, 0.2) is 0 Å². The molecule has 19 heavy (non-hydrogen) atoms. The van der Waals surface area contributed by atoms with E-state index in [0.717, 1.165) is 23.5 Å². The van der Waals surface area contributed by atoms with Crippen molar-refractivity contribution in [2.75, 3.05) is 5.32 Å². The summed E-state index contributed by atoms with van der Waals surface area (Å²) in [5.74, 6) is 0.973. The van der Waals surface area contributed by atoms with E-state index in [1.165, 1.54) is 25.7 Å². The minimum Gasteiger partial charge on any atom is -0.490 e. The summed E-state index contributed by atoms with van der Waals surface area (Å²) in [6.45, 7) is 0.777. The molecule has 2 aromatic rings. The SMILES string of the molecule is c1cc(CNc2ccc(OC3CCCC3)cc2)co1. The number of benzene rings is 1. The second-order valence-corrected chi connectivity index (χ2v) is 5.03. The molecule has 1 aromatic carbocycles. The van der Waals surface area contributed by atoms with E-state index < -0.39 is 0 Å². The smallest absolute Gasteiger partial charge is 0.119 e. The zero-order chi connectivity index (χ0) is 12.9. The van der Waals surface area contributed by atoms with Crippen LogP contribution in [0.1, 0.15) is 31.2 Å². The standard InChI is InChI=1S/C16H19NO2/c1-2-4-15(3-1)19-16-7-5-14(6-8-16)17-11-13-9-10-18-12-13/h5-10,12,15,17H,1-4,11H2. The highest BCUT2D eigenvalue weighted by Crippen LogP contribution is 2.25. The summed E-state index contributed by atoms with van der Waals surface area (Å²) in [4.78, 5) is 0. The van der Waals surface area contributed by atoms with E-state index in [-0.39, 0.29) is 0 Å². The lowest BCUT2D eigenvalue weighted by molar-refractivity contribution is 0.210. The molecule has 1 aliphatic carbocycles. The average molecular weight is 257 g/mol. The first kappa shape index (κ1) is 12.2. The highest BCUT2D eigenvalue weighted by molar-refractivity contribution is 5.46. The van der Waals surface area contributed by atoms with Crippen LogP contribution in [0.15, 0.2) is 47.3 Å². The van der Waals surface area contributed by atoms with E-state index in [0.29, 0.717) is 6.10 Å². The number of hydrogen-bond donors (Lipinski definition) is 1. The predicted octanol–water partition coefficient (Wildman–Crippen LogP) is 4.21. The van der Waals surface area contributed by atoms with Crippen molar-refractivity contribution in [3.8, 4) is 5.75 Å². The summed E-state index contributed by atoms with van der Waals surface area (Å²) < 4.78 is 11.0. The molecular formula is C16H19NO2. The highest BCUT2D eigenvalue weighted by atomic mass is 16.5. The maximum absolute atomic E-state index is 5.94. The minimum absolute atomic E-state index is 0.421. The highest BCUT2D eigenvalue weighted by Gasteiger charge is 2.16. The first-order valence-electron chi connectivity index (χ1n) is 6.92. The lowest BCUT2D eigenvalue weighted by atomic mass is 10.2. The van der Waals surface area contributed by atoms with Crippen LogP contribution >= 0.6 is 0 Å². The molecule has 3 rings (SSSR count). The second kappa shape index (κ2) is 5.83. The number of hydrogen-bond acceptors (Lipinski definition) is 3. The molecule has 1 N–H and O–H groups in total. The van der Waals surface area contributed by atoms with Gasteiger partial charge in [0, 0.05) is 17.8 Å². The van der Waals surface area contributed by atoms with Crippen LogP contribution in [0.3, 0.4) is 0 Å². The van der Waals surface area contributed by atoms with Crippen LogP contribution in [0, 0.1) is 0 Å². The van der Waals surface area contributed by atoms with Crippen LogP contribution in [0.5, 0.6) is 5.75 Å². The molecule has 0 saturated heterocycles. The molecule has 0 aliphatic heterocycles. The van der Waals surface area contributed by atoms with E-state index in [1.54, 1.807) is 12.5 Å². The van der Waals surface area contributed by atoms with Gasteiger partial charge in [-0.1, -0.05) is 0 Å². The summed E-state index contributed by atoms with van der Waals surface area (Å²) in [6, 6.07) is 10.2. The topological polar surface area (TPSA) is 34.4 Å². The molecule has 3 nitrogen and oxygen atoms in total. The Morgan fingerprint density at radius 1 is 1.11 bits per heavy atom. The number of ether oxygens (including phenoxy) is 1. The zero-order valence-corrected chi connectivity index (χ0v) is 11.0. The zero-order valence-electron chi connectivity index (χ0n) is 11.0. The second-order valence-electron chi connectivity index (χ2n) is 5.03. The van der Waals surface area contributed by atoms with Crippen molar-refractivity contribution in [2.24, 2.45) is 0 Å². The monoisotopic (exact) mass is 257 g/mol. The van der Waals surface area contributed by atoms with Crippen LogP contribution in [0.2, 0.25) is 0 Å². The van der Waals surface area contributed by atoms with E-state index >= 15 is 0 Å².